The summed E-state index contributed by atoms with van der Waals surface area (Å²) < 4.78 is 23.1. The molecule has 0 fully saturated rings. The number of nitrogens with two attached hydrogens (primary N) is 1. The molecule has 1 atom stereocenters. The van der Waals surface area contributed by atoms with Crippen LogP contribution in [0.1, 0.15) is 12.5 Å². The molecule has 2 rings (SSSR count). The molecule has 1 aromatic carbocycles. The summed E-state index contributed by atoms with van der Waals surface area (Å²) in [5.41, 5.74) is 2.54. The zero-order valence-electron chi connectivity index (χ0n) is 12.3. The van der Waals surface area contributed by atoms with Crippen molar-refractivity contribution in [1.82, 2.24) is 15.5 Å². The van der Waals surface area contributed by atoms with Crippen molar-refractivity contribution in [2.75, 3.05) is 6.54 Å². The lowest BCUT2D eigenvalue weighted by molar-refractivity contribution is -0.120. The second-order valence-electron chi connectivity index (χ2n) is 4.69. The molecule has 0 saturated heterocycles. The van der Waals surface area contributed by atoms with E-state index < -0.39 is 10.0 Å². The van der Waals surface area contributed by atoms with Gasteiger partial charge in [0.05, 0.1) is 10.1 Å². The SMILES string of the molecule is C[C@H](Sc1nncs1)C(=O)NCCc1ccc(S(N)(=O)=O)cc1. The highest BCUT2D eigenvalue weighted by Gasteiger charge is 2.15. The largest absolute Gasteiger partial charge is 0.355 e. The molecule has 7 nitrogen and oxygen atoms in total. The van der Waals surface area contributed by atoms with E-state index in [1.165, 1.54) is 35.2 Å². The fourth-order valence-electron chi connectivity index (χ4n) is 1.74. The molecule has 1 amide bonds. The summed E-state index contributed by atoms with van der Waals surface area (Å²) >= 11 is 2.76. The molecule has 0 aliphatic carbocycles. The zero-order chi connectivity index (χ0) is 16.9. The van der Waals surface area contributed by atoms with E-state index in [-0.39, 0.29) is 16.1 Å². The van der Waals surface area contributed by atoms with Gasteiger partial charge in [0.1, 0.15) is 5.51 Å². The van der Waals surface area contributed by atoms with Crippen molar-refractivity contribution in [3.8, 4) is 0 Å². The monoisotopic (exact) mass is 372 g/mol. The molecule has 0 bridgehead atoms. The quantitative estimate of drug-likeness (QED) is 0.701. The number of amides is 1. The second kappa shape index (κ2) is 7.86. The lowest BCUT2D eigenvalue weighted by atomic mass is 10.1. The number of carbonyl (C=O) groups is 1. The van der Waals surface area contributed by atoms with Gasteiger partial charge in [-0.25, -0.2) is 13.6 Å². The maximum atomic E-state index is 12.0. The van der Waals surface area contributed by atoms with E-state index in [1.807, 2.05) is 6.92 Å². The molecule has 1 aromatic heterocycles. The Balaban J connectivity index is 1.79. The van der Waals surface area contributed by atoms with Crippen LogP contribution in [0.15, 0.2) is 39.0 Å². The van der Waals surface area contributed by atoms with Crippen molar-refractivity contribution < 1.29 is 13.2 Å². The number of benzene rings is 1. The van der Waals surface area contributed by atoms with Crippen LogP contribution < -0.4 is 10.5 Å². The van der Waals surface area contributed by atoms with Crippen LogP contribution in [0.4, 0.5) is 0 Å². The smallest absolute Gasteiger partial charge is 0.238 e. The lowest BCUT2D eigenvalue weighted by Crippen LogP contribution is -2.32. The fraction of sp³-hybridized carbons (Fsp3) is 0.308. The highest BCUT2D eigenvalue weighted by atomic mass is 32.2. The number of carbonyl (C=O) groups excluding carboxylic acids is 1. The van der Waals surface area contributed by atoms with Crippen LogP contribution in [0.25, 0.3) is 0 Å². The van der Waals surface area contributed by atoms with Crippen molar-refractivity contribution in [2.24, 2.45) is 5.14 Å². The summed E-state index contributed by atoms with van der Waals surface area (Å²) in [6.07, 6.45) is 0.604. The van der Waals surface area contributed by atoms with Crippen LogP contribution in [0, 0.1) is 0 Å². The van der Waals surface area contributed by atoms with Crippen LogP contribution in [0.5, 0.6) is 0 Å². The molecule has 0 radical (unpaired) electrons. The average molecular weight is 372 g/mol. The number of primary sulfonamides is 1. The van der Waals surface area contributed by atoms with Crippen LogP contribution >= 0.6 is 23.1 Å². The highest BCUT2D eigenvalue weighted by molar-refractivity contribution is 8.02. The number of hydrogen-bond donors (Lipinski definition) is 2. The van der Waals surface area contributed by atoms with Crippen LogP contribution in [0.3, 0.4) is 0 Å². The van der Waals surface area contributed by atoms with Crippen molar-refractivity contribution in [2.45, 2.75) is 27.8 Å². The standard InChI is InChI=1S/C13H16N4O3S3/c1-9(22-13-17-16-8-21-13)12(18)15-7-6-10-2-4-11(5-3-10)23(14,19)20/h2-5,8-9H,6-7H2,1H3,(H,15,18)(H2,14,19,20)/t9-/m0/s1. The summed E-state index contributed by atoms with van der Waals surface area (Å²) in [6, 6.07) is 6.29. The van der Waals surface area contributed by atoms with Gasteiger partial charge in [0.2, 0.25) is 15.9 Å². The minimum Gasteiger partial charge on any atom is -0.355 e. The molecular weight excluding hydrogens is 356 g/mol. The van der Waals surface area contributed by atoms with Crippen molar-refractivity contribution in [3.63, 3.8) is 0 Å². The third-order valence-corrected chi connectivity index (χ3v) is 5.79. The van der Waals surface area contributed by atoms with Crippen molar-refractivity contribution in [1.29, 1.82) is 0 Å². The van der Waals surface area contributed by atoms with Crippen LogP contribution in [0.2, 0.25) is 0 Å². The van der Waals surface area contributed by atoms with E-state index in [4.69, 9.17) is 5.14 Å². The van der Waals surface area contributed by atoms with Gasteiger partial charge in [-0.2, -0.15) is 0 Å². The van der Waals surface area contributed by atoms with E-state index in [2.05, 4.69) is 15.5 Å². The molecular formula is C13H16N4O3S3. The highest BCUT2D eigenvalue weighted by Crippen LogP contribution is 2.23. The van der Waals surface area contributed by atoms with E-state index in [0.717, 1.165) is 9.90 Å². The van der Waals surface area contributed by atoms with Crippen LogP contribution in [-0.2, 0) is 21.2 Å². The zero-order valence-corrected chi connectivity index (χ0v) is 14.7. The van der Waals surface area contributed by atoms with Gasteiger partial charge in [0.15, 0.2) is 4.34 Å². The van der Waals surface area contributed by atoms with Gasteiger partial charge in [-0.1, -0.05) is 35.2 Å². The number of nitrogens with zero attached hydrogens (tertiary/aromatic N) is 2. The molecule has 0 spiro atoms. The number of hydrogen-bond acceptors (Lipinski definition) is 7. The fourth-order valence-corrected chi connectivity index (χ4v) is 3.90. The number of aromatic nitrogens is 2. The summed E-state index contributed by atoms with van der Waals surface area (Å²) in [7, 11) is -3.67. The summed E-state index contributed by atoms with van der Waals surface area (Å²) in [4.78, 5) is 12.0. The molecule has 1 heterocycles. The molecule has 0 saturated carbocycles. The number of nitrogens with one attached hydrogen (secondary N) is 1. The minimum atomic E-state index is -3.67. The third-order valence-electron chi connectivity index (χ3n) is 2.95. The third kappa shape index (κ3) is 5.57. The molecule has 0 unspecified atom stereocenters. The van der Waals surface area contributed by atoms with Gasteiger partial charge >= 0.3 is 0 Å². The van der Waals surface area contributed by atoms with Gasteiger partial charge in [-0.05, 0) is 31.0 Å². The number of thioether (sulfide) groups is 1. The Morgan fingerprint density at radius 3 is 2.65 bits per heavy atom. The number of sulfonamides is 1. The Bertz CT molecular complexity index is 745. The van der Waals surface area contributed by atoms with Gasteiger partial charge in [-0.3, -0.25) is 4.79 Å². The first-order valence-electron chi connectivity index (χ1n) is 6.68. The summed E-state index contributed by atoms with van der Waals surface area (Å²) in [5, 5.41) is 15.2. The lowest BCUT2D eigenvalue weighted by Gasteiger charge is -2.10. The van der Waals surface area contributed by atoms with Crippen LogP contribution in [-0.4, -0.2) is 36.3 Å². The first-order valence-corrected chi connectivity index (χ1v) is 9.99. The van der Waals surface area contributed by atoms with Gasteiger partial charge < -0.3 is 5.32 Å². The topological polar surface area (TPSA) is 115 Å². The Labute approximate surface area is 142 Å². The number of rotatable bonds is 7. The Morgan fingerprint density at radius 1 is 1.39 bits per heavy atom. The molecule has 124 valence electrons. The van der Waals surface area contributed by atoms with E-state index in [1.54, 1.807) is 17.6 Å². The summed E-state index contributed by atoms with van der Waals surface area (Å²) in [5.74, 6) is -0.0774. The molecule has 10 heteroatoms. The van der Waals surface area contributed by atoms with Crippen molar-refractivity contribution >= 4 is 39.0 Å². The average Bonchev–Trinajstić information content (AvgIpc) is 2.99. The maximum Gasteiger partial charge on any atom is 0.238 e. The maximum absolute atomic E-state index is 12.0. The molecule has 2 aromatic rings. The Kier molecular flexibility index (Phi) is 6.10. The van der Waals surface area contributed by atoms with Gasteiger partial charge in [-0.15, -0.1) is 10.2 Å². The first-order chi connectivity index (χ1) is 10.9. The molecule has 0 aliphatic rings. The van der Waals surface area contributed by atoms with E-state index in [9.17, 15) is 13.2 Å². The minimum absolute atomic E-state index is 0.0763. The normalized spacial score (nSPS) is 12.8. The van der Waals surface area contributed by atoms with E-state index in [0.29, 0.717) is 13.0 Å². The molecule has 23 heavy (non-hydrogen) atoms. The van der Waals surface area contributed by atoms with Crippen molar-refractivity contribution in [3.05, 3.63) is 35.3 Å². The summed E-state index contributed by atoms with van der Waals surface area (Å²) in [6.45, 7) is 2.27. The first kappa shape index (κ1) is 17.9. The predicted molar refractivity (Wildman–Crippen MR) is 89.8 cm³/mol. The van der Waals surface area contributed by atoms with Gasteiger partial charge in [0, 0.05) is 6.54 Å². The van der Waals surface area contributed by atoms with E-state index >= 15 is 0 Å². The molecule has 0 aliphatic heterocycles. The second-order valence-corrected chi connectivity index (χ2v) is 8.68. The Hall–Kier alpha value is -1.49. The van der Waals surface area contributed by atoms with Gasteiger partial charge in [0.25, 0.3) is 0 Å². The molecule has 3 N–H and O–H groups in total. The predicted octanol–water partition coefficient (Wildman–Crippen LogP) is 1.02. The Morgan fingerprint density at radius 2 is 2.09 bits per heavy atom.